The molecule has 0 saturated heterocycles. The zero-order chi connectivity index (χ0) is 16.8. The van der Waals surface area contributed by atoms with Crippen molar-refractivity contribution in [1.82, 2.24) is 24.4 Å². The molecule has 2 aromatic heterocycles. The summed E-state index contributed by atoms with van der Waals surface area (Å²) in [6.07, 6.45) is 6.66. The van der Waals surface area contributed by atoms with Gasteiger partial charge < -0.3 is 14.2 Å². The Labute approximate surface area is 134 Å². The summed E-state index contributed by atoms with van der Waals surface area (Å²) < 4.78 is 6.84. The van der Waals surface area contributed by atoms with E-state index in [1.165, 1.54) is 6.33 Å². The van der Waals surface area contributed by atoms with Crippen molar-refractivity contribution in [1.29, 1.82) is 0 Å². The first-order chi connectivity index (χ1) is 11.1. The number of aliphatic imine (C=N–C) groups is 1. The number of hydrogen-bond donors (Lipinski definition) is 0. The predicted octanol–water partition coefficient (Wildman–Crippen LogP) is 1.73. The molecule has 0 fully saturated rings. The zero-order valence-corrected chi connectivity index (χ0v) is 13.5. The van der Waals surface area contributed by atoms with Gasteiger partial charge in [0.15, 0.2) is 11.5 Å². The topological polar surface area (TPSA) is 85.5 Å². The summed E-state index contributed by atoms with van der Waals surface area (Å²) in [5.41, 5.74) is 1.06. The number of carbonyl (C=O) groups is 1. The molecular weight excluding hydrogens is 296 g/mol. The van der Waals surface area contributed by atoms with Gasteiger partial charge in [-0.25, -0.2) is 24.7 Å². The van der Waals surface area contributed by atoms with E-state index in [9.17, 15) is 4.79 Å². The van der Waals surface area contributed by atoms with Crippen LogP contribution in [0.25, 0.3) is 11.2 Å². The smallest absolute Gasteiger partial charge is 0.329 e. The predicted molar refractivity (Wildman–Crippen MR) is 87.6 cm³/mol. The van der Waals surface area contributed by atoms with Crippen molar-refractivity contribution in [2.24, 2.45) is 4.99 Å². The molecule has 23 heavy (non-hydrogen) atoms. The van der Waals surface area contributed by atoms with Gasteiger partial charge in [-0.1, -0.05) is 6.08 Å². The number of allylic oxidation sites excluding steroid dienone is 1. The second kappa shape index (κ2) is 7.48. The van der Waals surface area contributed by atoms with Crippen molar-refractivity contribution >= 4 is 29.3 Å². The molecule has 0 aliphatic carbocycles. The lowest BCUT2D eigenvalue weighted by atomic mass is 10.2. The molecule has 2 heterocycles. The van der Waals surface area contributed by atoms with Crippen molar-refractivity contribution < 1.29 is 9.53 Å². The molecule has 0 radical (unpaired) electrons. The Morgan fingerprint density at radius 1 is 1.48 bits per heavy atom. The third kappa shape index (κ3) is 3.71. The van der Waals surface area contributed by atoms with E-state index in [-0.39, 0.29) is 5.97 Å². The maximum Gasteiger partial charge on any atom is 0.329 e. The number of esters is 1. The Hall–Kier alpha value is -2.77. The molecule has 0 amide bonds. The number of hydrogen-bond acceptors (Lipinski definition) is 6. The molecule has 2 aromatic rings. The number of fused-ring (bicyclic) bond motifs is 1. The maximum absolute atomic E-state index is 12.2. The summed E-state index contributed by atoms with van der Waals surface area (Å²) in [5, 5.41) is 0. The molecule has 0 spiro atoms. The van der Waals surface area contributed by atoms with Crippen LogP contribution < -0.4 is 0 Å². The third-order valence-electron chi connectivity index (χ3n) is 3.04. The van der Waals surface area contributed by atoms with Gasteiger partial charge in [0, 0.05) is 14.1 Å². The molecule has 1 atom stereocenters. The molecule has 8 heteroatoms. The van der Waals surface area contributed by atoms with Crippen LogP contribution in [0.4, 0.5) is 5.82 Å². The summed E-state index contributed by atoms with van der Waals surface area (Å²) in [6, 6.07) is -0.572. The zero-order valence-electron chi connectivity index (χ0n) is 13.5. The van der Waals surface area contributed by atoms with Gasteiger partial charge in [0.2, 0.25) is 0 Å². The van der Waals surface area contributed by atoms with E-state index in [4.69, 9.17) is 4.74 Å². The third-order valence-corrected chi connectivity index (χ3v) is 3.04. The fourth-order valence-corrected chi connectivity index (χ4v) is 2.08. The van der Waals surface area contributed by atoms with Crippen LogP contribution in [0.15, 0.2) is 30.3 Å². The van der Waals surface area contributed by atoms with Gasteiger partial charge >= 0.3 is 5.97 Å². The average molecular weight is 316 g/mol. The Morgan fingerprint density at radius 3 is 2.91 bits per heavy atom. The highest BCUT2D eigenvalue weighted by Crippen LogP contribution is 2.26. The summed E-state index contributed by atoms with van der Waals surface area (Å²) in [6.45, 7) is 5.78. The van der Waals surface area contributed by atoms with Crippen LogP contribution in [0, 0.1) is 0 Å². The molecule has 0 aliphatic rings. The van der Waals surface area contributed by atoms with Crippen LogP contribution in [0.5, 0.6) is 0 Å². The van der Waals surface area contributed by atoms with Crippen LogP contribution in [0.3, 0.4) is 0 Å². The molecule has 0 saturated carbocycles. The van der Waals surface area contributed by atoms with Gasteiger partial charge in [-0.3, -0.25) is 0 Å². The van der Waals surface area contributed by atoms with Crippen molar-refractivity contribution in [3.8, 4) is 0 Å². The monoisotopic (exact) mass is 316 g/mol. The van der Waals surface area contributed by atoms with Gasteiger partial charge in [0.25, 0.3) is 0 Å². The van der Waals surface area contributed by atoms with E-state index < -0.39 is 6.04 Å². The lowest BCUT2D eigenvalue weighted by molar-refractivity contribution is -0.146. The highest BCUT2D eigenvalue weighted by Gasteiger charge is 2.24. The average Bonchev–Trinajstić information content (AvgIpc) is 2.95. The normalized spacial score (nSPS) is 12.5. The van der Waals surface area contributed by atoms with E-state index in [0.717, 1.165) is 0 Å². The first kappa shape index (κ1) is 16.6. The minimum atomic E-state index is -0.572. The van der Waals surface area contributed by atoms with Crippen LogP contribution >= 0.6 is 0 Å². The standard InChI is InChI=1S/C15H20N6O2/c1-5-7-11(15(22)23-6-2)21-10-19-14-12(21)13(16-8-17-14)18-9-20(3)4/h5,8-11H,1,6-7H2,2-4H3. The number of carbonyl (C=O) groups excluding carboxylic acids is 1. The molecule has 0 aromatic carbocycles. The van der Waals surface area contributed by atoms with E-state index in [1.54, 1.807) is 35.1 Å². The molecule has 122 valence electrons. The lowest BCUT2D eigenvalue weighted by Gasteiger charge is -2.16. The van der Waals surface area contributed by atoms with Gasteiger partial charge in [0.05, 0.1) is 19.3 Å². The molecule has 2 rings (SSSR count). The number of imidazole rings is 1. The summed E-state index contributed by atoms with van der Waals surface area (Å²) >= 11 is 0. The van der Waals surface area contributed by atoms with Crippen molar-refractivity contribution in [2.75, 3.05) is 20.7 Å². The summed E-state index contributed by atoms with van der Waals surface area (Å²) in [5.74, 6) is 0.0950. The number of nitrogens with zero attached hydrogens (tertiary/aromatic N) is 6. The fraction of sp³-hybridized carbons (Fsp3) is 0.400. The van der Waals surface area contributed by atoms with Gasteiger partial charge in [-0.05, 0) is 13.3 Å². The minimum Gasteiger partial charge on any atom is -0.464 e. The quantitative estimate of drug-likeness (QED) is 0.335. The number of rotatable bonds is 7. The number of ether oxygens (including phenoxy) is 1. The van der Waals surface area contributed by atoms with Crippen LogP contribution in [-0.4, -0.2) is 57.4 Å². The van der Waals surface area contributed by atoms with Crippen molar-refractivity contribution in [3.05, 3.63) is 25.3 Å². The first-order valence-corrected chi connectivity index (χ1v) is 7.24. The fourth-order valence-electron chi connectivity index (χ4n) is 2.08. The van der Waals surface area contributed by atoms with Gasteiger partial charge in [-0.2, -0.15) is 0 Å². The highest BCUT2D eigenvalue weighted by atomic mass is 16.5. The maximum atomic E-state index is 12.2. The minimum absolute atomic E-state index is 0.307. The van der Waals surface area contributed by atoms with E-state index in [0.29, 0.717) is 30.0 Å². The van der Waals surface area contributed by atoms with Crippen LogP contribution in [0.2, 0.25) is 0 Å². The van der Waals surface area contributed by atoms with Gasteiger partial charge in [-0.15, -0.1) is 6.58 Å². The Morgan fingerprint density at radius 2 is 2.26 bits per heavy atom. The Bertz CT molecular complexity index is 722. The van der Waals surface area contributed by atoms with E-state index in [2.05, 4.69) is 26.5 Å². The highest BCUT2D eigenvalue weighted by molar-refractivity contribution is 5.85. The van der Waals surface area contributed by atoms with Crippen molar-refractivity contribution in [2.45, 2.75) is 19.4 Å². The van der Waals surface area contributed by atoms with E-state index in [1.807, 2.05) is 14.1 Å². The number of aromatic nitrogens is 4. The largest absolute Gasteiger partial charge is 0.464 e. The molecule has 0 aliphatic heterocycles. The summed E-state index contributed by atoms with van der Waals surface area (Å²) in [7, 11) is 3.72. The molecule has 0 N–H and O–H groups in total. The first-order valence-electron chi connectivity index (χ1n) is 7.24. The molecular formula is C15H20N6O2. The Kier molecular flexibility index (Phi) is 5.40. The second-order valence-electron chi connectivity index (χ2n) is 5.02. The Balaban J connectivity index is 2.54. The molecule has 1 unspecified atom stereocenters. The van der Waals surface area contributed by atoms with Crippen LogP contribution in [0.1, 0.15) is 19.4 Å². The lowest BCUT2D eigenvalue weighted by Crippen LogP contribution is -2.21. The van der Waals surface area contributed by atoms with Crippen LogP contribution in [-0.2, 0) is 9.53 Å². The van der Waals surface area contributed by atoms with E-state index >= 15 is 0 Å². The summed E-state index contributed by atoms with van der Waals surface area (Å²) in [4.78, 5) is 30.9. The molecule has 8 nitrogen and oxygen atoms in total. The molecule has 0 bridgehead atoms. The second-order valence-corrected chi connectivity index (χ2v) is 5.02. The SMILES string of the molecule is C=CCC(C(=O)OCC)n1cnc2ncnc(N=CN(C)C)c21. The van der Waals surface area contributed by atoms with Crippen molar-refractivity contribution in [3.63, 3.8) is 0 Å². The van der Waals surface area contributed by atoms with Gasteiger partial charge in [0.1, 0.15) is 17.9 Å².